The van der Waals surface area contributed by atoms with Crippen LogP contribution in [-0.4, -0.2) is 35.0 Å². The van der Waals surface area contributed by atoms with Crippen molar-refractivity contribution in [3.8, 4) is 12.3 Å². The second-order valence-electron chi connectivity index (χ2n) is 4.52. The molecule has 0 unspecified atom stereocenters. The van der Waals surface area contributed by atoms with Gasteiger partial charge in [-0.3, -0.25) is 9.59 Å². The number of carboxylic acid groups (broad SMARTS) is 1. The number of rotatable bonds is 8. The van der Waals surface area contributed by atoms with Crippen molar-refractivity contribution in [2.24, 2.45) is 5.41 Å². The third kappa shape index (κ3) is 9.76. The van der Waals surface area contributed by atoms with E-state index in [2.05, 4.69) is 11.2 Å². The number of terminal acetylenes is 1. The lowest BCUT2D eigenvalue weighted by molar-refractivity contribution is -0.139. The molecule has 4 nitrogen and oxygen atoms in total. The van der Waals surface area contributed by atoms with Crippen LogP contribution in [0.2, 0.25) is 0 Å². The van der Waals surface area contributed by atoms with Crippen molar-refractivity contribution < 1.29 is 14.7 Å². The van der Waals surface area contributed by atoms with E-state index in [9.17, 15) is 9.59 Å². The fourth-order valence-corrected chi connectivity index (χ4v) is 1.87. The van der Waals surface area contributed by atoms with Gasteiger partial charge in [0.15, 0.2) is 0 Å². The zero-order chi connectivity index (χ0) is 13.3. The zero-order valence-electron chi connectivity index (χ0n) is 10.3. The molecule has 0 saturated heterocycles. The topological polar surface area (TPSA) is 66.4 Å². The molecule has 0 atom stereocenters. The Labute approximate surface area is 107 Å². The quantitative estimate of drug-likeness (QED) is 0.509. The Balaban J connectivity index is 3.78. The van der Waals surface area contributed by atoms with Crippen molar-refractivity contribution in [1.29, 1.82) is 0 Å². The van der Waals surface area contributed by atoms with Crippen LogP contribution in [0.15, 0.2) is 0 Å². The number of amides is 1. The maximum atomic E-state index is 11.5. The van der Waals surface area contributed by atoms with Crippen LogP contribution in [-0.2, 0) is 9.59 Å². The average molecular weight is 257 g/mol. The van der Waals surface area contributed by atoms with E-state index < -0.39 is 11.4 Å². The molecule has 0 radical (unpaired) electrons. The normalized spacial score (nSPS) is 10.6. The van der Waals surface area contributed by atoms with Gasteiger partial charge in [0.1, 0.15) is 0 Å². The molecule has 0 aromatic carbocycles. The van der Waals surface area contributed by atoms with Crippen LogP contribution in [0.3, 0.4) is 0 Å². The van der Waals surface area contributed by atoms with Crippen LogP contribution in [0, 0.1) is 17.8 Å². The van der Waals surface area contributed by atoms with Crippen molar-refractivity contribution in [3.05, 3.63) is 0 Å². The molecule has 0 aromatic heterocycles. The summed E-state index contributed by atoms with van der Waals surface area (Å²) in [6, 6.07) is 0. The highest BCUT2D eigenvalue weighted by atomic mass is 32.2. The van der Waals surface area contributed by atoms with E-state index in [0.29, 0.717) is 12.3 Å². The Morgan fingerprint density at radius 3 is 2.59 bits per heavy atom. The summed E-state index contributed by atoms with van der Waals surface area (Å²) >= 11 is 1.58. The molecule has 0 saturated carbocycles. The van der Waals surface area contributed by atoms with Crippen LogP contribution in [0.25, 0.3) is 0 Å². The predicted molar refractivity (Wildman–Crippen MR) is 69.8 cm³/mol. The smallest absolute Gasteiger partial charge is 0.303 e. The van der Waals surface area contributed by atoms with Crippen LogP contribution < -0.4 is 5.32 Å². The highest BCUT2D eigenvalue weighted by molar-refractivity contribution is 7.99. The van der Waals surface area contributed by atoms with E-state index in [1.165, 1.54) is 0 Å². The molecule has 0 fully saturated rings. The molecule has 17 heavy (non-hydrogen) atoms. The highest BCUT2D eigenvalue weighted by Gasteiger charge is 2.24. The minimum atomic E-state index is -0.882. The van der Waals surface area contributed by atoms with Gasteiger partial charge in [0, 0.05) is 18.7 Å². The average Bonchev–Trinajstić information content (AvgIpc) is 2.14. The van der Waals surface area contributed by atoms with Gasteiger partial charge in [-0.2, -0.15) is 0 Å². The van der Waals surface area contributed by atoms with Crippen molar-refractivity contribution >= 4 is 23.6 Å². The molecule has 1 amide bonds. The molecule has 0 aliphatic rings. The number of hydrogen-bond acceptors (Lipinski definition) is 3. The first-order chi connectivity index (χ1) is 7.87. The van der Waals surface area contributed by atoms with Crippen molar-refractivity contribution in [2.45, 2.75) is 26.7 Å². The monoisotopic (exact) mass is 257 g/mol. The summed E-state index contributed by atoms with van der Waals surface area (Å²) in [6.45, 7) is 4.11. The molecule has 0 aliphatic carbocycles. The van der Waals surface area contributed by atoms with Gasteiger partial charge in [-0.15, -0.1) is 18.2 Å². The molecular formula is C12H19NO3S. The van der Waals surface area contributed by atoms with Gasteiger partial charge in [0.05, 0.1) is 12.2 Å². The van der Waals surface area contributed by atoms with E-state index in [-0.39, 0.29) is 18.7 Å². The van der Waals surface area contributed by atoms with E-state index in [4.69, 9.17) is 11.5 Å². The molecule has 0 heterocycles. The Kier molecular flexibility index (Phi) is 7.47. The van der Waals surface area contributed by atoms with Gasteiger partial charge in [-0.1, -0.05) is 19.8 Å². The van der Waals surface area contributed by atoms with Crippen LogP contribution in [0.4, 0.5) is 0 Å². The van der Waals surface area contributed by atoms with Gasteiger partial charge in [-0.05, 0) is 5.41 Å². The van der Waals surface area contributed by atoms with E-state index >= 15 is 0 Å². The Morgan fingerprint density at radius 2 is 2.06 bits per heavy atom. The second kappa shape index (κ2) is 8.02. The number of thioether (sulfide) groups is 1. The molecule has 5 heteroatoms. The first-order valence-electron chi connectivity index (χ1n) is 5.37. The lowest BCUT2D eigenvalue weighted by atomic mass is 9.85. The third-order valence-corrected chi connectivity index (χ3v) is 2.89. The van der Waals surface area contributed by atoms with Crippen LogP contribution in [0.1, 0.15) is 26.7 Å². The molecule has 96 valence electrons. The Bertz CT molecular complexity index is 307. The lowest BCUT2D eigenvalue weighted by Crippen LogP contribution is -2.31. The standard InChI is InChI=1S/C12H19NO3S/c1-4-6-17-7-5-13-10(14)8-12(2,3)9-11(15)16/h1H,5-9H2,2-3H3,(H,13,14)(H,15,16). The van der Waals surface area contributed by atoms with Crippen molar-refractivity contribution in [1.82, 2.24) is 5.32 Å². The zero-order valence-corrected chi connectivity index (χ0v) is 11.1. The second-order valence-corrected chi connectivity index (χ2v) is 5.62. The summed E-state index contributed by atoms with van der Waals surface area (Å²) in [5.41, 5.74) is -0.512. The summed E-state index contributed by atoms with van der Waals surface area (Å²) in [7, 11) is 0. The van der Waals surface area contributed by atoms with Crippen molar-refractivity contribution in [2.75, 3.05) is 18.1 Å². The SMILES string of the molecule is C#CCSCCNC(=O)CC(C)(C)CC(=O)O. The minimum Gasteiger partial charge on any atom is -0.481 e. The maximum absolute atomic E-state index is 11.5. The first kappa shape index (κ1) is 15.9. The van der Waals surface area contributed by atoms with E-state index in [1.807, 2.05) is 0 Å². The molecule has 0 rings (SSSR count). The summed E-state index contributed by atoms with van der Waals surface area (Å²) in [5, 5.41) is 11.4. The summed E-state index contributed by atoms with van der Waals surface area (Å²) in [4.78, 5) is 22.1. The Morgan fingerprint density at radius 1 is 1.41 bits per heavy atom. The van der Waals surface area contributed by atoms with E-state index in [0.717, 1.165) is 5.75 Å². The highest BCUT2D eigenvalue weighted by Crippen LogP contribution is 2.24. The van der Waals surface area contributed by atoms with Gasteiger partial charge >= 0.3 is 5.97 Å². The molecule has 0 aromatic rings. The maximum Gasteiger partial charge on any atom is 0.303 e. The first-order valence-corrected chi connectivity index (χ1v) is 6.52. The largest absolute Gasteiger partial charge is 0.481 e. The molecular weight excluding hydrogens is 238 g/mol. The Hall–Kier alpha value is -1.15. The summed E-state index contributed by atoms with van der Waals surface area (Å²) < 4.78 is 0. The van der Waals surface area contributed by atoms with Crippen LogP contribution in [0.5, 0.6) is 0 Å². The van der Waals surface area contributed by atoms with E-state index in [1.54, 1.807) is 25.6 Å². The minimum absolute atomic E-state index is 0.00768. The van der Waals surface area contributed by atoms with Crippen LogP contribution >= 0.6 is 11.8 Å². The predicted octanol–water partition coefficient (Wildman–Crippen LogP) is 1.36. The molecule has 0 bridgehead atoms. The van der Waals surface area contributed by atoms with Crippen molar-refractivity contribution in [3.63, 3.8) is 0 Å². The third-order valence-electron chi connectivity index (χ3n) is 2.02. The number of carbonyl (C=O) groups excluding carboxylic acids is 1. The molecule has 2 N–H and O–H groups in total. The number of nitrogens with one attached hydrogen (secondary N) is 1. The summed E-state index contributed by atoms with van der Waals surface area (Å²) in [6.07, 6.45) is 5.30. The fraction of sp³-hybridized carbons (Fsp3) is 0.667. The van der Waals surface area contributed by atoms with Gasteiger partial charge in [0.2, 0.25) is 5.91 Å². The molecule has 0 aliphatic heterocycles. The number of carboxylic acids is 1. The number of hydrogen-bond donors (Lipinski definition) is 2. The number of carbonyl (C=O) groups is 2. The molecule has 0 spiro atoms. The summed E-state index contributed by atoms with van der Waals surface area (Å²) in [5.74, 6) is 2.92. The number of aliphatic carboxylic acids is 1. The fourth-order valence-electron chi connectivity index (χ4n) is 1.36. The van der Waals surface area contributed by atoms with Gasteiger partial charge in [0.25, 0.3) is 0 Å². The van der Waals surface area contributed by atoms with Gasteiger partial charge < -0.3 is 10.4 Å². The van der Waals surface area contributed by atoms with Gasteiger partial charge in [-0.25, -0.2) is 0 Å². The lowest BCUT2D eigenvalue weighted by Gasteiger charge is -2.21.